The molecule has 1 atom stereocenters. The number of allylic oxidation sites excluding steroid dienone is 1. The summed E-state index contributed by atoms with van der Waals surface area (Å²) in [5.41, 5.74) is 6.25. The Balaban J connectivity index is 0.00000158. The highest BCUT2D eigenvalue weighted by atomic mass is 35.5. The number of anilines is 2. The molecule has 2 aromatic rings. The minimum atomic E-state index is -0.586. The smallest absolute Gasteiger partial charge is 0.210 e. The number of para-hydroxylation sites is 1. The van der Waals surface area contributed by atoms with Gasteiger partial charge in [-0.25, -0.2) is 9.38 Å². The quantitative estimate of drug-likeness (QED) is 0.409. The Bertz CT molecular complexity index is 1020. The molecule has 8 nitrogen and oxygen atoms in total. The van der Waals surface area contributed by atoms with E-state index in [2.05, 4.69) is 31.1 Å². The minimum Gasteiger partial charge on any atom is -0.380 e. The number of aryl methyl sites for hydroxylation is 1. The number of hydrogen-bond donors (Lipinski definition) is 3. The monoisotopic (exact) mass is 487 g/mol. The van der Waals surface area contributed by atoms with Crippen LogP contribution in [0.5, 0.6) is 0 Å². The van der Waals surface area contributed by atoms with Crippen molar-refractivity contribution < 1.29 is 9.13 Å². The largest absolute Gasteiger partial charge is 0.380 e. The fourth-order valence-electron chi connectivity index (χ4n) is 3.42. The van der Waals surface area contributed by atoms with Crippen LogP contribution in [0, 0.1) is 6.92 Å². The van der Waals surface area contributed by atoms with E-state index >= 15 is 0 Å². The number of aliphatic imine (C=N–C) groups is 1. The Kier molecular flexibility index (Phi) is 9.66. The standard InChI is InChI=1S/C22H25ClFN7O.C2H6/c1-15-4-2-5-18(23)20(15)28-16-6-7-25-17(12-16)13-27-30-22-26-14-19(24)21(29-22)31-8-3-10-32-11-9-31;1-2/h2,4-7,12-14,22,29-30H,3,8-11H2,1H3,(H,25,28);1-2H3/b27-13-;. The molecule has 0 saturated carbocycles. The molecule has 0 amide bonds. The zero-order chi connectivity index (χ0) is 24.3. The number of nitrogens with zero attached hydrogens (tertiary/aromatic N) is 4. The third-order valence-electron chi connectivity index (χ3n) is 5.04. The number of rotatable bonds is 6. The summed E-state index contributed by atoms with van der Waals surface area (Å²) in [5, 5.41) is 11.2. The molecule has 2 aliphatic rings. The Labute approximate surface area is 205 Å². The van der Waals surface area contributed by atoms with E-state index < -0.39 is 12.1 Å². The van der Waals surface area contributed by atoms with Crippen molar-refractivity contribution in [3.63, 3.8) is 0 Å². The van der Waals surface area contributed by atoms with Crippen LogP contribution in [0.25, 0.3) is 0 Å². The first-order valence-electron chi connectivity index (χ1n) is 11.4. The molecule has 182 valence electrons. The normalized spacial score (nSPS) is 18.1. The SMILES string of the molecule is CC.Cc1cccc(Cl)c1Nc1ccnc(/C=N\NC2N=CC(F)=C(N3CCCOCC3)N2)c1. The first-order valence-corrected chi connectivity index (χ1v) is 11.8. The first-order chi connectivity index (χ1) is 16.6. The van der Waals surface area contributed by atoms with Gasteiger partial charge in [0.05, 0.1) is 35.4 Å². The third-order valence-corrected chi connectivity index (χ3v) is 5.36. The van der Waals surface area contributed by atoms with Gasteiger partial charge in [-0.1, -0.05) is 37.6 Å². The average molecular weight is 488 g/mol. The Hall–Kier alpha value is -3.17. The van der Waals surface area contributed by atoms with Crippen LogP contribution in [0.15, 0.2) is 58.3 Å². The maximum atomic E-state index is 14.3. The van der Waals surface area contributed by atoms with Gasteiger partial charge in [0.1, 0.15) is 5.82 Å². The van der Waals surface area contributed by atoms with Crippen LogP contribution in [-0.2, 0) is 4.74 Å². The number of pyridine rings is 1. The summed E-state index contributed by atoms with van der Waals surface area (Å²) in [6.07, 6.45) is 4.73. The summed E-state index contributed by atoms with van der Waals surface area (Å²) in [6.45, 7) is 8.57. The number of hydrazone groups is 1. The van der Waals surface area contributed by atoms with E-state index in [0.717, 1.165) is 23.4 Å². The predicted molar refractivity (Wildman–Crippen MR) is 136 cm³/mol. The van der Waals surface area contributed by atoms with Crippen molar-refractivity contribution in [3.05, 3.63) is 64.5 Å². The van der Waals surface area contributed by atoms with Crippen LogP contribution in [0.4, 0.5) is 15.8 Å². The molecule has 0 bridgehead atoms. The summed E-state index contributed by atoms with van der Waals surface area (Å²) < 4.78 is 19.7. The van der Waals surface area contributed by atoms with Crippen LogP contribution in [0.1, 0.15) is 31.5 Å². The van der Waals surface area contributed by atoms with Crippen LogP contribution >= 0.6 is 11.6 Å². The highest BCUT2D eigenvalue weighted by Gasteiger charge is 2.22. The van der Waals surface area contributed by atoms with E-state index in [1.165, 1.54) is 6.21 Å². The summed E-state index contributed by atoms with van der Waals surface area (Å²) in [5.74, 6) is 0.00173. The topological polar surface area (TPSA) is 86.2 Å². The van der Waals surface area contributed by atoms with Gasteiger partial charge in [-0.15, -0.1) is 0 Å². The van der Waals surface area contributed by atoms with Gasteiger partial charge in [0.15, 0.2) is 5.83 Å². The predicted octanol–water partition coefficient (Wildman–Crippen LogP) is 4.56. The van der Waals surface area contributed by atoms with Crippen molar-refractivity contribution in [2.75, 3.05) is 31.6 Å². The van der Waals surface area contributed by atoms with Gasteiger partial charge in [-0.2, -0.15) is 5.10 Å². The van der Waals surface area contributed by atoms with Gasteiger partial charge < -0.3 is 20.3 Å². The van der Waals surface area contributed by atoms with Gasteiger partial charge in [0.25, 0.3) is 0 Å². The highest BCUT2D eigenvalue weighted by Crippen LogP contribution is 2.28. The van der Waals surface area contributed by atoms with Gasteiger partial charge in [-0.05, 0) is 37.1 Å². The van der Waals surface area contributed by atoms with Gasteiger partial charge in [-0.3, -0.25) is 10.4 Å². The Morgan fingerprint density at radius 2 is 2.12 bits per heavy atom. The number of hydrogen-bond acceptors (Lipinski definition) is 8. The second kappa shape index (κ2) is 12.9. The maximum Gasteiger partial charge on any atom is 0.210 e. The Morgan fingerprint density at radius 1 is 1.26 bits per heavy atom. The molecule has 2 aliphatic heterocycles. The molecule has 1 saturated heterocycles. The lowest BCUT2D eigenvalue weighted by atomic mass is 10.2. The molecule has 1 fully saturated rings. The maximum absolute atomic E-state index is 14.3. The summed E-state index contributed by atoms with van der Waals surface area (Å²) >= 11 is 6.30. The lowest BCUT2D eigenvalue weighted by molar-refractivity contribution is 0.143. The fraction of sp³-hybridized carbons (Fsp3) is 0.375. The van der Waals surface area contributed by atoms with E-state index in [0.29, 0.717) is 42.8 Å². The van der Waals surface area contributed by atoms with Crippen molar-refractivity contribution in [2.24, 2.45) is 10.1 Å². The molecule has 3 heterocycles. The molecule has 0 radical (unpaired) electrons. The minimum absolute atomic E-state index is 0.399. The summed E-state index contributed by atoms with van der Waals surface area (Å²) in [6, 6.07) is 9.45. The van der Waals surface area contributed by atoms with Crippen molar-refractivity contribution in [1.82, 2.24) is 20.6 Å². The van der Waals surface area contributed by atoms with Crippen molar-refractivity contribution >= 4 is 35.4 Å². The van der Waals surface area contributed by atoms with E-state index in [4.69, 9.17) is 16.3 Å². The second-order valence-electron chi connectivity index (χ2n) is 7.39. The van der Waals surface area contributed by atoms with Gasteiger partial charge in [0.2, 0.25) is 6.29 Å². The van der Waals surface area contributed by atoms with E-state index in [9.17, 15) is 4.39 Å². The third kappa shape index (κ3) is 6.91. The molecule has 10 heteroatoms. The molecule has 1 aromatic heterocycles. The summed E-state index contributed by atoms with van der Waals surface area (Å²) in [7, 11) is 0. The van der Waals surface area contributed by atoms with Crippen LogP contribution in [0.3, 0.4) is 0 Å². The molecule has 3 N–H and O–H groups in total. The second-order valence-corrected chi connectivity index (χ2v) is 7.80. The lowest BCUT2D eigenvalue weighted by Crippen LogP contribution is -2.46. The van der Waals surface area contributed by atoms with Crippen LogP contribution in [0.2, 0.25) is 5.02 Å². The molecular weight excluding hydrogens is 457 g/mol. The van der Waals surface area contributed by atoms with E-state index in [1.807, 2.05) is 56.0 Å². The van der Waals surface area contributed by atoms with Crippen LogP contribution < -0.4 is 16.1 Å². The summed E-state index contributed by atoms with van der Waals surface area (Å²) in [4.78, 5) is 10.3. The molecule has 0 aliphatic carbocycles. The number of benzene rings is 1. The van der Waals surface area contributed by atoms with Gasteiger partial charge >= 0.3 is 0 Å². The molecule has 1 aromatic carbocycles. The molecule has 4 rings (SSSR count). The molecule has 34 heavy (non-hydrogen) atoms. The highest BCUT2D eigenvalue weighted by molar-refractivity contribution is 6.33. The zero-order valence-corrected chi connectivity index (χ0v) is 20.4. The van der Waals surface area contributed by atoms with Crippen molar-refractivity contribution in [2.45, 2.75) is 33.5 Å². The fourth-order valence-corrected chi connectivity index (χ4v) is 3.69. The average Bonchev–Trinajstić information content (AvgIpc) is 3.14. The van der Waals surface area contributed by atoms with E-state index in [1.54, 1.807) is 12.4 Å². The number of aromatic nitrogens is 1. The number of nitrogens with one attached hydrogen (secondary N) is 3. The molecule has 0 spiro atoms. The lowest BCUT2D eigenvalue weighted by Gasteiger charge is -2.30. The first kappa shape index (κ1) is 25.5. The van der Waals surface area contributed by atoms with Crippen molar-refractivity contribution in [1.29, 1.82) is 0 Å². The molecular formula is C24H31ClFN7O. The van der Waals surface area contributed by atoms with E-state index in [-0.39, 0.29) is 0 Å². The number of halogens is 2. The Morgan fingerprint density at radius 3 is 2.94 bits per heavy atom. The zero-order valence-electron chi connectivity index (χ0n) is 19.7. The molecule has 1 unspecified atom stereocenters. The van der Waals surface area contributed by atoms with Gasteiger partial charge in [0, 0.05) is 31.6 Å². The van der Waals surface area contributed by atoms with Crippen LogP contribution in [-0.4, -0.2) is 54.9 Å². The number of ether oxygens (including phenoxy) is 1. The van der Waals surface area contributed by atoms with Crippen molar-refractivity contribution in [3.8, 4) is 0 Å².